The van der Waals surface area contributed by atoms with E-state index in [1.807, 2.05) is 7.05 Å². The van der Waals surface area contributed by atoms with Gasteiger partial charge in [0.15, 0.2) is 5.82 Å². The van der Waals surface area contributed by atoms with E-state index in [-0.39, 0.29) is 5.56 Å². The van der Waals surface area contributed by atoms with Gasteiger partial charge in [-0.3, -0.25) is 0 Å². The molecule has 0 saturated carbocycles. The first-order chi connectivity index (χ1) is 7.58. The van der Waals surface area contributed by atoms with Gasteiger partial charge in [0, 0.05) is 13.2 Å². The van der Waals surface area contributed by atoms with Crippen molar-refractivity contribution in [1.29, 1.82) is 0 Å². The van der Waals surface area contributed by atoms with Crippen LogP contribution in [-0.4, -0.2) is 30.4 Å². The van der Waals surface area contributed by atoms with Crippen molar-refractivity contribution >= 4 is 21.9 Å². The number of carboxylic acid groups (broad SMARTS) is 1. The van der Waals surface area contributed by atoms with Crippen LogP contribution in [0.25, 0.3) is 0 Å². The highest BCUT2D eigenvalue weighted by Crippen LogP contribution is 2.16. The smallest absolute Gasteiger partial charge is 0.337 e. The summed E-state index contributed by atoms with van der Waals surface area (Å²) in [5.74, 6) is -0.189. The first-order valence-electron chi connectivity index (χ1n) is 4.50. The minimum absolute atomic E-state index is 0.244. The van der Waals surface area contributed by atoms with Gasteiger partial charge in [0.05, 0.1) is 16.7 Å². The van der Waals surface area contributed by atoms with E-state index >= 15 is 0 Å². The monoisotopic (exact) mass is 284 g/mol. The van der Waals surface area contributed by atoms with Crippen LogP contribution in [-0.2, 0) is 13.6 Å². The Morgan fingerprint density at radius 2 is 2.38 bits per heavy atom. The van der Waals surface area contributed by atoms with Gasteiger partial charge in [-0.25, -0.2) is 4.79 Å². The summed E-state index contributed by atoms with van der Waals surface area (Å²) < 4.78 is 4.24. The molecule has 1 N–H and O–H groups in total. The maximum absolute atomic E-state index is 10.8. The second-order valence-electron chi connectivity index (χ2n) is 3.34. The van der Waals surface area contributed by atoms with Crippen molar-refractivity contribution in [2.24, 2.45) is 7.05 Å². The third kappa shape index (κ3) is 1.99. The quantitative estimate of drug-likeness (QED) is 0.917. The molecule has 2 heterocycles. The lowest BCUT2D eigenvalue weighted by atomic mass is 10.4. The number of nitrogens with zero attached hydrogens (tertiary/aromatic N) is 4. The molecule has 2 aromatic heterocycles. The molecule has 0 radical (unpaired) electrons. The number of carboxylic acids is 1. The third-order valence-electron chi connectivity index (χ3n) is 2.21. The topological polar surface area (TPSA) is 72.9 Å². The number of hydrogen-bond acceptors (Lipinski definition) is 3. The summed E-state index contributed by atoms with van der Waals surface area (Å²) in [4.78, 5) is 10.8. The van der Waals surface area contributed by atoms with Crippen LogP contribution in [0.15, 0.2) is 23.2 Å². The van der Waals surface area contributed by atoms with Crippen molar-refractivity contribution < 1.29 is 9.90 Å². The van der Waals surface area contributed by atoms with Crippen LogP contribution in [0, 0.1) is 0 Å². The molecule has 0 fully saturated rings. The first kappa shape index (κ1) is 10.9. The van der Waals surface area contributed by atoms with E-state index in [0.29, 0.717) is 11.1 Å². The zero-order valence-corrected chi connectivity index (χ0v) is 10.0. The van der Waals surface area contributed by atoms with Crippen LogP contribution in [0.2, 0.25) is 0 Å². The minimum Gasteiger partial charge on any atom is -0.478 e. The minimum atomic E-state index is -0.947. The molecule has 84 valence electrons. The predicted octanol–water partition coefficient (Wildman–Crippen LogP) is 1.13. The van der Waals surface area contributed by atoms with Crippen molar-refractivity contribution in [3.63, 3.8) is 0 Å². The van der Waals surface area contributed by atoms with Crippen molar-refractivity contribution in [3.8, 4) is 0 Å². The van der Waals surface area contributed by atoms with Gasteiger partial charge < -0.3 is 14.2 Å². The molecule has 7 heteroatoms. The molecule has 0 saturated heterocycles. The van der Waals surface area contributed by atoms with E-state index in [9.17, 15) is 4.79 Å². The molecule has 0 aliphatic rings. The molecule has 6 nitrogen and oxygen atoms in total. The molecule has 0 spiro atoms. The Balaban J connectivity index is 2.28. The summed E-state index contributed by atoms with van der Waals surface area (Å²) in [6, 6.07) is 1.55. The first-order valence-corrected chi connectivity index (χ1v) is 5.29. The molecule has 0 bridgehead atoms. The largest absolute Gasteiger partial charge is 0.478 e. The van der Waals surface area contributed by atoms with Crippen LogP contribution in [0.3, 0.4) is 0 Å². The Morgan fingerprint density at radius 3 is 2.88 bits per heavy atom. The van der Waals surface area contributed by atoms with Crippen molar-refractivity contribution in [3.05, 3.63) is 34.6 Å². The van der Waals surface area contributed by atoms with E-state index < -0.39 is 5.97 Å². The van der Waals surface area contributed by atoms with E-state index in [1.54, 1.807) is 27.7 Å². The normalized spacial score (nSPS) is 10.6. The molecule has 0 aliphatic heterocycles. The maximum Gasteiger partial charge on any atom is 0.337 e. The van der Waals surface area contributed by atoms with Gasteiger partial charge in [-0.05, 0) is 22.0 Å². The van der Waals surface area contributed by atoms with E-state index in [4.69, 9.17) is 5.11 Å². The van der Waals surface area contributed by atoms with Gasteiger partial charge in [0.1, 0.15) is 6.33 Å². The lowest BCUT2D eigenvalue weighted by Gasteiger charge is -2.03. The van der Waals surface area contributed by atoms with Gasteiger partial charge in [0.25, 0.3) is 0 Å². The fourth-order valence-corrected chi connectivity index (χ4v) is 1.79. The number of hydrogen-bond donors (Lipinski definition) is 1. The Morgan fingerprint density at radius 1 is 1.62 bits per heavy atom. The van der Waals surface area contributed by atoms with Gasteiger partial charge >= 0.3 is 5.97 Å². The molecule has 16 heavy (non-hydrogen) atoms. The molecule has 0 atom stereocenters. The summed E-state index contributed by atoms with van der Waals surface area (Å²) >= 11 is 3.30. The van der Waals surface area contributed by atoms with Crippen molar-refractivity contribution in [2.75, 3.05) is 0 Å². The molecule has 2 rings (SSSR count). The average Bonchev–Trinajstić information content (AvgIpc) is 2.76. The fourth-order valence-electron chi connectivity index (χ4n) is 1.32. The van der Waals surface area contributed by atoms with E-state index in [2.05, 4.69) is 26.1 Å². The summed E-state index contributed by atoms with van der Waals surface area (Å²) in [5, 5.41) is 16.5. The molecular weight excluding hydrogens is 276 g/mol. The number of aromatic nitrogens is 4. The summed E-state index contributed by atoms with van der Waals surface area (Å²) in [6.45, 7) is 0.477. The standard InChI is InChI=1S/C9H9BrN4O2/c1-13-5-11-12-8(13)4-14-3-6(9(15)16)2-7(14)10/h2-3,5H,4H2,1H3,(H,15,16). The summed E-state index contributed by atoms with van der Waals surface area (Å²) in [5.41, 5.74) is 0.244. The van der Waals surface area contributed by atoms with E-state index in [0.717, 1.165) is 5.82 Å². The molecule has 0 amide bonds. The third-order valence-corrected chi connectivity index (χ3v) is 2.89. The Bertz CT molecular complexity index is 531. The number of aryl methyl sites for hydroxylation is 1. The molecule has 2 aromatic rings. The highest BCUT2D eigenvalue weighted by Gasteiger charge is 2.11. The zero-order chi connectivity index (χ0) is 11.7. The van der Waals surface area contributed by atoms with Crippen molar-refractivity contribution in [2.45, 2.75) is 6.54 Å². The number of rotatable bonds is 3. The fraction of sp³-hybridized carbons (Fsp3) is 0.222. The van der Waals surface area contributed by atoms with Crippen LogP contribution in [0.4, 0.5) is 0 Å². The van der Waals surface area contributed by atoms with Gasteiger partial charge in [-0.1, -0.05) is 0 Å². The number of aromatic carboxylic acids is 1. The lowest BCUT2D eigenvalue weighted by Crippen LogP contribution is -2.05. The van der Waals surface area contributed by atoms with Crippen LogP contribution in [0.1, 0.15) is 16.2 Å². The maximum atomic E-state index is 10.8. The zero-order valence-electron chi connectivity index (χ0n) is 8.46. The summed E-state index contributed by atoms with van der Waals surface area (Å²) in [7, 11) is 1.84. The summed E-state index contributed by atoms with van der Waals surface area (Å²) in [6.07, 6.45) is 3.16. The van der Waals surface area contributed by atoms with Crippen molar-refractivity contribution in [1.82, 2.24) is 19.3 Å². The Labute approximate surface area is 99.7 Å². The Hall–Kier alpha value is -1.63. The predicted molar refractivity (Wildman–Crippen MR) is 59.2 cm³/mol. The second kappa shape index (κ2) is 4.09. The highest BCUT2D eigenvalue weighted by atomic mass is 79.9. The van der Waals surface area contributed by atoms with Crippen LogP contribution < -0.4 is 0 Å². The molecule has 0 aliphatic carbocycles. The van der Waals surface area contributed by atoms with Gasteiger partial charge in [0.2, 0.25) is 0 Å². The number of halogens is 1. The SMILES string of the molecule is Cn1cnnc1Cn1cc(C(=O)O)cc1Br. The van der Waals surface area contributed by atoms with Crippen LogP contribution in [0.5, 0.6) is 0 Å². The van der Waals surface area contributed by atoms with Crippen LogP contribution >= 0.6 is 15.9 Å². The average molecular weight is 285 g/mol. The number of carbonyl (C=O) groups is 1. The molecule has 0 aromatic carbocycles. The molecule has 0 unspecified atom stereocenters. The second-order valence-corrected chi connectivity index (χ2v) is 4.16. The Kier molecular flexibility index (Phi) is 2.78. The molecular formula is C9H9BrN4O2. The van der Waals surface area contributed by atoms with Gasteiger partial charge in [-0.2, -0.15) is 0 Å². The lowest BCUT2D eigenvalue weighted by molar-refractivity contribution is 0.0697. The van der Waals surface area contributed by atoms with Gasteiger partial charge in [-0.15, -0.1) is 10.2 Å². The highest BCUT2D eigenvalue weighted by molar-refractivity contribution is 9.10. The van der Waals surface area contributed by atoms with E-state index in [1.165, 1.54) is 0 Å².